The molecule has 0 fully saturated rings. The van der Waals surface area contributed by atoms with Crippen molar-refractivity contribution in [3.8, 4) is 0 Å². The summed E-state index contributed by atoms with van der Waals surface area (Å²) in [6.45, 7) is 0. The summed E-state index contributed by atoms with van der Waals surface area (Å²) in [6.07, 6.45) is 2.56. The molecule has 3 N–H and O–H groups in total. The molecule has 0 heterocycles. The third kappa shape index (κ3) is 2.91. The van der Waals surface area contributed by atoms with Crippen LogP contribution >= 0.6 is 0 Å². The van der Waals surface area contributed by atoms with Crippen LogP contribution in [0.5, 0.6) is 0 Å². The molecule has 0 atom stereocenters. The molecule has 66 valence electrons. The van der Waals surface area contributed by atoms with Crippen LogP contribution in [0.2, 0.25) is 0 Å². The number of carbonyl (C=O) groups is 1. The van der Waals surface area contributed by atoms with Crippen molar-refractivity contribution >= 4 is 11.6 Å². The maximum absolute atomic E-state index is 10.4. The second-order valence-electron chi connectivity index (χ2n) is 2.52. The molecule has 1 aromatic rings. The first-order valence-electron chi connectivity index (χ1n) is 3.81. The maximum atomic E-state index is 10.4. The third-order valence-corrected chi connectivity index (χ3v) is 1.50. The first-order chi connectivity index (χ1) is 6.20. The van der Waals surface area contributed by atoms with Crippen molar-refractivity contribution in [3.05, 3.63) is 48.0 Å². The monoisotopic (exact) mass is 174 g/mol. The summed E-state index contributed by atoms with van der Waals surface area (Å²) in [5.41, 5.74) is 5.94. The van der Waals surface area contributed by atoms with Gasteiger partial charge in [-0.2, -0.15) is 0 Å². The van der Waals surface area contributed by atoms with Crippen molar-refractivity contribution in [3.63, 3.8) is 0 Å². The van der Waals surface area contributed by atoms with Gasteiger partial charge in [-0.1, -0.05) is 30.3 Å². The molecule has 0 aliphatic carbocycles. The smallest absolute Gasteiger partial charge is 0.241 e. The van der Waals surface area contributed by atoms with Crippen LogP contribution in [0, 0.1) is 5.41 Å². The van der Waals surface area contributed by atoms with E-state index in [1.807, 2.05) is 18.2 Å². The van der Waals surface area contributed by atoms with Crippen LogP contribution < -0.4 is 5.73 Å². The lowest BCUT2D eigenvalue weighted by Gasteiger charge is -1.95. The Balaban J connectivity index is 2.76. The first kappa shape index (κ1) is 9.19. The molecule has 1 aromatic carbocycles. The number of carbonyl (C=O) groups excluding carboxylic acids is 1. The quantitative estimate of drug-likeness (QED) is 0.523. The van der Waals surface area contributed by atoms with E-state index in [1.165, 1.54) is 12.2 Å². The highest BCUT2D eigenvalue weighted by Crippen LogP contribution is 2.00. The largest absolute Gasteiger partial charge is 0.366 e. The van der Waals surface area contributed by atoms with Gasteiger partial charge < -0.3 is 11.1 Å². The minimum absolute atomic E-state index is 0.277. The number of amides is 1. The van der Waals surface area contributed by atoms with E-state index in [0.29, 0.717) is 0 Å². The second-order valence-corrected chi connectivity index (χ2v) is 2.52. The number of hydrogen-bond acceptors (Lipinski definition) is 2. The van der Waals surface area contributed by atoms with Gasteiger partial charge in [0.1, 0.15) is 0 Å². The molecule has 0 bridgehead atoms. The third-order valence-electron chi connectivity index (χ3n) is 1.50. The summed E-state index contributed by atoms with van der Waals surface area (Å²) < 4.78 is 0. The van der Waals surface area contributed by atoms with E-state index in [1.54, 1.807) is 12.1 Å². The fraction of sp³-hybridized carbons (Fsp3) is 0. The molecule has 13 heavy (non-hydrogen) atoms. The lowest BCUT2D eigenvalue weighted by Crippen LogP contribution is -2.06. The number of primary amides is 1. The van der Waals surface area contributed by atoms with E-state index >= 15 is 0 Å². The lowest BCUT2D eigenvalue weighted by molar-refractivity contribution is -0.113. The van der Waals surface area contributed by atoms with E-state index in [2.05, 4.69) is 0 Å². The average Bonchev–Trinajstić information content (AvgIpc) is 2.15. The molecule has 0 radical (unpaired) electrons. The minimum atomic E-state index is -0.541. The Kier molecular flexibility index (Phi) is 2.97. The molecule has 3 nitrogen and oxygen atoms in total. The van der Waals surface area contributed by atoms with Crippen LogP contribution in [0.4, 0.5) is 0 Å². The molecule has 0 aliphatic heterocycles. The molecule has 0 aliphatic rings. The molecule has 3 heteroatoms. The fourth-order valence-corrected chi connectivity index (χ4v) is 0.879. The molecular weight excluding hydrogens is 164 g/mol. The highest BCUT2D eigenvalue weighted by Gasteiger charge is 1.94. The maximum Gasteiger partial charge on any atom is 0.241 e. The predicted molar refractivity (Wildman–Crippen MR) is 51.6 cm³/mol. The minimum Gasteiger partial charge on any atom is -0.366 e. The van der Waals surface area contributed by atoms with Crippen molar-refractivity contribution in [2.45, 2.75) is 0 Å². The first-order valence-corrected chi connectivity index (χ1v) is 3.81. The Morgan fingerprint density at radius 1 is 1.23 bits per heavy atom. The normalized spacial score (nSPS) is 10.2. The Bertz CT molecular complexity index is 341. The van der Waals surface area contributed by atoms with Crippen LogP contribution in [-0.2, 0) is 4.79 Å². The summed E-state index contributed by atoms with van der Waals surface area (Å²) in [7, 11) is 0. The van der Waals surface area contributed by atoms with Crippen molar-refractivity contribution < 1.29 is 4.79 Å². The van der Waals surface area contributed by atoms with Crippen molar-refractivity contribution in [1.82, 2.24) is 0 Å². The zero-order valence-corrected chi connectivity index (χ0v) is 7.03. The van der Waals surface area contributed by atoms with Gasteiger partial charge in [0, 0.05) is 6.08 Å². The number of nitrogens with one attached hydrogen (secondary N) is 1. The molecule has 1 amide bonds. The van der Waals surface area contributed by atoms with Crippen LogP contribution in [0.1, 0.15) is 5.56 Å². The number of nitrogens with two attached hydrogens (primary N) is 1. The Hall–Kier alpha value is -1.90. The summed E-state index contributed by atoms with van der Waals surface area (Å²) in [6, 6.07) is 9.14. The molecule has 0 saturated heterocycles. The van der Waals surface area contributed by atoms with Gasteiger partial charge in [-0.3, -0.25) is 4.79 Å². The average molecular weight is 174 g/mol. The Labute approximate surface area is 76.4 Å². The number of hydrogen-bond donors (Lipinski definition) is 2. The summed E-state index contributed by atoms with van der Waals surface area (Å²) in [4.78, 5) is 10.4. The van der Waals surface area contributed by atoms with Gasteiger partial charge in [-0.25, -0.2) is 0 Å². The van der Waals surface area contributed by atoms with Gasteiger partial charge in [0.15, 0.2) is 0 Å². The zero-order chi connectivity index (χ0) is 9.68. The van der Waals surface area contributed by atoms with Gasteiger partial charge in [0.2, 0.25) is 5.91 Å². The van der Waals surface area contributed by atoms with Crippen LogP contribution in [0.3, 0.4) is 0 Å². The second kappa shape index (κ2) is 4.21. The van der Waals surface area contributed by atoms with Gasteiger partial charge >= 0.3 is 0 Å². The molecule has 0 saturated carbocycles. The highest BCUT2D eigenvalue weighted by atomic mass is 16.1. The van der Waals surface area contributed by atoms with Crippen molar-refractivity contribution in [1.29, 1.82) is 5.41 Å². The van der Waals surface area contributed by atoms with E-state index in [-0.39, 0.29) is 5.71 Å². The number of benzene rings is 1. The van der Waals surface area contributed by atoms with E-state index < -0.39 is 5.91 Å². The lowest BCUT2D eigenvalue weighted by atomic mass is 10.1. The van der Waals surface area contributed by atoms with E-state index in [0.717, 1.165) is 5.56 Å². The molecule has 0 unspecified atom stereocenters. The molecular formula is C10H10N2O. The molecule has 0 aromatic heterocycles. The predicted octanol–water partition coefficient (Wildman–Crippen LogP) is 1.10. The van der Waals surface area contributed by atoms with E-state index in [4.69, 9.17) is 11.1 Å². The zero-order valence-electron chi connectivity index (χ0n) is 7.03. The highest BCUT2D eigenvalue weighted by molar-refractivity contribution is 6.09. The van der Waals surface area contributed by atoms with Crippen LogP contribution in [0.15, 0.2) is 42.5 Å². The Morgan fingerprint density at radius 3 is 2.38 bits per heavy atom. The topological polar surface area (TPSA) is 66.9 Å². The van der Waals surface area contributed by atoms with Gasteiger partial charge in [-0.05, 0) is 11.6 Å². The van der Waals surface area contributed by atoms with Gasteiger partial charge in [0.05, 0.1) is 5.71 Å². The Morgan fingerprint density at radius 2 is 1.85 bits per heavy atom. The summed E-state index contributed by atoms with van der Waals surface area (Å²) in [5, 5.41) is 7.53. The molecule has 0 spiro atoms. The number of allylic oxidation sites excluding steroid dienone is 1. The summed E-state index contributed by atoms with van der Waals surface area (Å²) in [5.74, 6) is -0.541. The fourth-order valence-electron chi connectivity index (χ4n) is 0.879. The molecule has 1 rings (SSSR count). The van der Waals surface area contributed by atoms with Gasteiger partial charge in [0.25, 0.3) is 0 Å². The standard InChI is InChI=1S/C10H10N2O/c11-9(6-7-10(12)13)8-4-2-1-3-5-8/h1-7,11H,(H2,12,13)/b7-6-,11-9?. The van der Waals surface area contributed by atoms with Crippen molar-refractivity contribution in [2.75, 3.05) is 0 Å². The van der Waals surface area contributed by atoms with Crippen LogP contribution in [-0.4, -0.2) is 11.6 Å². The van der Waals surface area contributed by atoms with Crippen LogP contribution in [0.25, 0.3) is 0 Å². The summed E-state index contributed by atoms with van der Waals surface area (Å²) >= 11 is 0. The van der Waals surface area contributed by atoms with E-state index in [9.17, 15) is 4.79 Å². The number of rotatable bonds is 3. The van der Waals surface area contributed by atoms with Gasteiger partial charge in [-0.15, -0.1) is 0 Å². The SMILES string of the molecule is N=C(/C=C\C(N)=O)c1ccccc1. The van der Waals surface area contributed by atoms with Crippen molar-refractivity contribution in [2.24, 2.45) is 5.73 Å².